The maximum atomic E-state index is 12.0. The van der Waals surface area contributed by atoms with Crippen LogP contribution < -0.4 is 0 Å². The summed E-state index contributed by atoms with van der Waals surface area (Å²) >= 11 is 0. The van der Waals surface area contributed by atoms with Gasteiger partial charge in [0, 0.05) is 36.1 Å². The lowest BCUT2D eigenvalue weighted by atomic mass is 10.1. The lowest BCUT2D eigenvalue weighted by Gasteiger charge is -2.07. The van der Waals surface area contributed by atoms with Crippen molar-refractivity contribution in [3.8, 4) is 0 Å². The number of aromatic nitrogens is 3. The summed E-state index contributed by atoms with van der Waals surface area (Å²) in [5, 5.41) is 0. The highest BCUT2D eigenvalue weighted by Crippen LogP contribution is 2.36. The van der Waals surface area contributed by atoms with Crippen molar-refractivity contribution in [2.45, 2.75) is 38.3 Å². The number of ketones is 1. The fraction of sp³-hybridized carbons (Fsp3) is 0.467. The summed E-state index contributed by atoms with van der Waals surface area (Å²) in [5.41, 5.74) is 2.09. The Morgan fingerprint density at radius 2 is 2.16 bits per heavy atom. The number of Topliss-reactive ketones (excluding diaryl/α,β-unsaturated/α-hetero) is 1. The zero-order chi connectivity index (χ0) is 12.8. The van der Waals surface area contributed by atoms with Gasteiger partial charge in [0.15, 0.2) is 5.78 Å². The standard InChI is InChI=1S/C15H17N3O/c19-15(11-1-2-11)12-5-6-17(8-12)9-14-7-16-10-18(14)13-3-4-13/h5-8,10-11,13H,1-4,9H2. The van der Waals surface area contributed by atoms with Gasteiger partial charge in [-0.3, -0.25) is 4.79 Å². The number of hydrogen-bond donors (Lipinski definition) is 0. The van der Waals surface area contributed by atoms with Gasteiger partial charge in [-0.2, -0.15) is 0 Å². The van der Waals surface area contributed by atoms with Gasteiger partial charge in [0.1, 0.15) is 0 Å². The maximum Gasteiger partial charge on any atom is 0.167 e. The van der Waals surface area contributed by atoms with E-state index in [-0.39, 0.29) is 0 Å². The van der Waals surface area contributed by atoms with Crippen LogP contribution in [0.4, 0.5) is 0 Å². The van der Waals surface area contributed by atoms with E-state index in [9.17, 15) is 4.79 Å². The van der Waals surface area contributed by atoms with Gasteiger partial charge < -0.3 is 9.13 Å². The minimum absolute atomic E-state index is 0.299. The normalized spacial score (nSPS) is 18.7. The molecule has 0 aliphatic heterocycles. The molecule has 0 saturated heterocycles. The molecule has 0 aromatic carbocycles. The van der Waals surface area contributed by atoms with Crippen molar-refractivity contribution in [3.63, 3.8) is 0 Å². The summed E-state index contributed by atoms with van der Waals surface area (Å²) in [6.07, 6.45) is 12.5. The van der Waals surface area contributed by atoms with Gasteiger partial charge in [0.25, 0.3) is 0 Å². The Balaban J connectivity index is 1.52. The molecule has 0 amide bonds. The van der Waals surface area contributed by atoms with Crippen LogP contribution in [0, 0.1) is 5.92 Å². The summed E-state index contributed by atoms with van der Waals surface area (Å²) in [7, 11) is 0. The molecule has 98 valence electrons. The minimum Gasteiger partial charge on any atom is -0.348 e. The predicted molar refractivity (Wildman–Crippen MR) is 71.1 cm³/mol. The average molecular weight is 255 g/mol. The SMILES string of the molecule is O=C(c1ccn(Cc2cncn2C2CC2)c1)C1CC1. The van der Waals surface area contributed by atoms with Crippen LogP contribution >= 0.6 is 0 Å². The Labute approximate surface area is 112 Å². The number of rotatable bonds is 5. The number of carbonyl (C=O) groups excluding carboxylic acids is 1. The molecule has 0 atom stereocenters. The monoisotopic (exact) mass is 255 g/mol. The molecule has 2 aromatic rings. The number of nitrogens with zero attached hydrogens (tertiary/aromatic N) is 3. The molecule has 4 heteroatoms. The van der Waals surface area contributed by atoms with Gasteiger partial charge >= 0.3 is 0 Å². The van der Waals surface area contributed by atoms with E-state index >= 15 is 0 Å². The number of hydrogen-bond acceptors (Lipinski definition) is 2. The molecule has 0 bridgehead atoms. The number of imidazole rings is 1. The zero-order valence-electron chi connectivity index (χ0n) is 10.8. The Kier molecular flexibility index (Phi) is 2.37. The van der Waals surface area contributed by atoms with Crippen molar-refractivity contribution in [1.29, 1.82) is 0 Å². The first-order valence-corrected chi connectivity index (χ1v) is 7.02. The third-order valence-electron chi connectivity index (χ3n) is 4.01. The van der Waals surface area contributed by atoms with Gasteiger partial charge in [-0.25, -0.2) is 4.98 Å². The summed E-state index contributed by atoms with van der Waals surface area (Å²) in [6.45, 7) is 0.800. The molecular formula is C15H17N3O. The van der Waals surface area contributed by atoms with E-state index < -0.39 is 0 Å². The lowest BCUT2D eigenvalue weighted by molar-refractivity contribution is 0.0967. The molecule has 2 aliphatic rings. The Hall–Kier alpha value is -1.84. The Bertz CT molecular complexity index is 617. The van der Waals surface area contributed by atoms with Gasteiger partial charge in [0.2, 0.25) is 0 Å². The molecule has 0 spiro atoms. The topological polar surface area (TPSA) is 39.8 Å². The number of carbonyl (C=O) groups is 1. The Morgan fingerprint density at radius 3 is 2.89 bits per heavy atom. The Morgan fingerprint density at radius 1 is 1.32 bits per heavy atom. The van der Waals surface area contributed by atoms with Gasteiger partial charge in [-0.05, 0) is 31.7 Å². The van der Waals surface area contributed by atoms with Crippen LogP contribution in [-0.4, -0.2) is 19.9 Å². The third kappa shape index (κ3) is 2.11. The molecule has 4 rings (SSSR count). The van der Waals surface area contributed by atoms with Crippen LogP contribution in [0.3, 0.4) is 0 Å². The average Bonchev–Trinajstić information content (AvgIpc) is 3.34. The van der Waals surface area contributed by atoms with E-state index in [0.29, 0.717) is 17.7 Å². The molecular weight excluding hydrogens is 238 g/mol. The molecule has 0 radical (unpaired) electrons. The summed E-state index contributed by atoms with van der Waals surface area (Å²) < 4.78 is 4.36. The van der Waals surface area contributed by atoms with Crippen molar-refractivity contribution < 1.29 is 4.79 Å². The smallest absolute Gasteiger partial charge is 0.167 e. The molecule has 0 N–H and O–H groups in total. The third-order valence-corrected chi connectivity index (χ3v) is 4.01. The quantitative estimate of drug-likeness (QED) is 0.771. The van der Waals surface area contributed by atoms with E-state index in [4.69, 9.17) is 0 Å². The van der Waals surface area contributed by atoms with E-state index in [1.807, 2.05) is 31.0 Å². The van der Waals surface area contributed by atoms with Crippen LogP contribution in [0.15, 0.2) is 31.0 Å². The fourth-order valence-corrected chi connectivity index (χ4v) is 2.59. The summed E-state index contributed by atoms with van der Waals surface area (Å²) in [6, 6.07) is 2.60. The second-order valence-electron chi connectivity index (χ2n) is 5.73. The van der Waals surface area contributed by atoms with Crippen molar-refractivity contribution in [2.75, 3.05) is 0 Å². The van der Waals surface area contributed by atoms with Crippen LogP contribution in [-0.2, 0) is 6.54 Å². The summed E-state index contributed by atoms with van der Waals surface area (Å²) in [5.74, 6) is 0.613. The van der Waals surface area contributed by atoms with Crippen molar-refractivity contribution in [3.05, 3.63) is 42.2 Å². The van der Waals surface area contributed by atoms with E-state index in [0.717, 1.165) is 24.9 Å². The first kappa shape index (κ1) is 11.0. The van der Waals surface area contributed by atoms with Crippen LogP contribution in [0.1, 0.15) is 47.8 Å². The minimum atomic E-state index is 0.299. The largest absolute Gasteiger partial charge is 0.348 e. The zero-order valence-corrected chi connectivity index (χ0v) is 10.8. The van der Waals surface area contributed by atoms with Crippen molar-refractivity contribution >= 4 is 5.78 Å². The first-order chi connectivity index (χ1) is 9.31. The van der Waals surface area contributed by atoms with Crippen molar-refractivity contribution in [2.24, 2.45) is 5.92 Å². The van der Waals surface area contributed by atoms with Gasteiger partial charge in [0.05, 0.1) is 18.6 Å². The molecule has 19 heavy (non-hydrogen) atoms. The van der Waals surface area contributed by atoms with E-state index in [1.165, 1.54) is 18.5 Å². The lowest BCUT2D eigenvalue weighted by Crippen LogP contribution is -2.05. The highest BCUT2D eigenvalue weighted by Gasteiger charge is 2.30. The first-order valence-electron chi connectivity index (χ1n) is 7.02. The second kappa shape index (κ2) is 4.08. The van der Waals surface area contributed by atoms with Crippen molar-refractivity contribution in [1.82, 2.24) is 14.1 Å². The maximum absolute atomic E-state index is 12.0. The van der Waals surface area contributed by atoms with E-state index in [2.05, 4.69) is 14.1 Å². The molecule has 2 fully saturated rings. The van der Waals surface area contributed by atoms with Crippen LogP contribution in [0.2, 0.25) is 0 Å². The van der Waals surface area contributed by atoms with Gasteiger partial charge in [-0.1, -0.05) is 0 Å². The molecule has 4 nitrogen and oxygen atoms in total. The molecule has 2 saturated carbocycles. The highest BCUT2D eigenvalue weighted by molar-refractivity contribution is 5.99. The predicted octanol–water partition coefficient (Wildman–Crippen LogP) is 2.66. The summed E-state index contributed by atoms with van der Waals surface area (Å²) in [4.78, 5) is 16.2. The molecule has 2 aromatic heterocycles. The van der Waals surface area contributed by atoms with E-state index in [1.54, 1.807) is 0 Å². The van der Waals surface area contributed by atoms with Crippen LogP contribution in [0.25, 0.3) is 0 Å². The fourth-order valence-electron chi connectivity index (χ4n) is 2.59. The van der Waals surface area contributed by atoms with Gasteiger partial charge in [-0.15, -0.1) is 0 Å². The molecule has 2 aliphatic carbocycles. The second-order valence-corrected chi connectivity index (χ2v) is 5.73. The highest BCUT2D eigenvalue weighted by atomic mass is 16.1. The van der Waals surface area contributed by atoms with Crippen LogP contribution in [0.5, 0.6) is 0 Å². The molecule has 0 unspecified atom stereocenters. The molecule has 2 heterocycles.